The zero-order chi connectivity index (χ0) is 20.3. The van der Waals surface area contributed by atoms with Crippen LogP contribution in [0.2, 0.25) is 0 Å². The molecule has 8 nitrogen and oxygen atoms in total. The molecule has 0 aromatic carbocycles. The minimum atomic E-state index is -0.224. The molecule has 0 saturated heterocycles. The molecule has 0 aromatic rings. The first-order valence-electron chi connectivity index (χ1n) is 10.0. The van der Waals surface area contributed by atoms with E-state index >= 15 is 0 Å². The third-order valence-electron chi connectivity index (χ3n) is 3.98. The second-order valence-electron chi connectivity index (χ2n) is 6.42. The van der Waals surface area contributed by atoms with Crippen LogP contribution in [0.5, 0.6) is 0 Å². The Balaban J connectivity index is 4.39. The topological polar surface area (TPSA) is 99.5 Å². The van der Waals surface area contributed by atoms with Crippen LogP contribution < -0.4 is 0 Å². The monoisotopic (exact) mass is 390 g/mol. The molecule has 0 aliphatic carbocycles. The number of hydrogen-bond acceptors (Lipinski definition) is 8. The fraction of sp³-hybridized carbons (Fsp3) is 0.895. The quantitative estimate of drug-likeness (QED) is 0.329. The Labute approximate surface area is 163 Å². The molecule has 2 N–H and O–H groups in total. The van der Waals surface area contributed by atoms with Gasteiger partial charge in [0, 0.05) is 26.2 Å². The van der Waals surface area contributed by atoms with Crippen molar-refractivity contribution in [2.75, 3.05) is 65.7 Å². The highest BCUT2D eigenvalue weighted by Crippen LogP contribution is 2.02. The molecule has 160 valence electrons. The molecular formula is C19H38N2O6. The molecule has 0 radical (unpaired) electrons. The first-order chi connectivity index (χ1) is 13.1. The molecule has 0 spiro atoms. The largest absolute Gasteiger partial charge is 0.466 e. The molecule has 0 saturated carbocycles. The summed E-state index contributed by atoms with van der Waals surface area (Å²) < 4.78 is 10.2. The molecular weight excluding hydrogens is 352 g/mol. The van der Waals surface area contributed by atoms with Crippen LogP contribution >= 0.6 is 0 Å². The van der Waals surface area contributed by atoms with Crippen molar-refractivity contribution in [3.05, 3.63) is 0 Å². The number of carbonyl (C=O) groups is 2. The summed E-state index contributed by atoms with van der Waals surface area (Å²) in [6.07, 6.45) is 2.99. The molecule has 0 atom stereocenters. The molecule has 0 bridgehead atoms. The van der Waals surface area contributed by atoms with E-state index in [0.717, 1.165) is 32.4 Å². The number of nitrogens with zero attached hydrogens (tertiary/aromatic N) is 2. The van der Waals surface area contributed by atoms with Gasteiger partial charge < -0.3 is 24.6 Å². The summed E-state index contributed by atoms with van der Waals surface area (Å²) >= 11 is 0. The first kappa shape index (κ1) is 25.8. The van der Waals surface area contributed by atoms with E-state index in [-0.39, 0.29) is 25.2 Å². The van der Waals surface area contributed by atoms with Crippen molar-refractivity contribution < 1.29 is 29.3 Å². The first-order valence-corrected chi connectivity index (χ1v) is 10.0. The van der Waals surface area contributed by atoms with Crippen LogP contribution in [0.15, 0.2) is 0 Å². The SMILES string of the molecule is CCCOC(=O)CCN(CCCN(CCO)CCO)CCC(=O)OCCC. The van der Waals surface area contributed by atoms with E-state index in [1.165, 1.54) is 0 Å². The summed E-state index contributed by atoms with van der Waals surface area (Å²) in [5.74, 6) is -0.449. The van der Waals surface area contributed by atoms with Gasteiger partial charge in [-0.1, -0.05) is 13.8 Å². The Bertz CT molecular complexity index is 351. The number of aliphatic hydroxyl groups is 2. The van der Waals surface area contributed by atoms with Crippen LogP contribution in [-0.2, 0) is 19.1 Å². The highest BCUT2D eigenvalue weighted by atomic mass is 16.5. The van der Waals surface area contributed by atoms with E-state index < -0.39 is 0 Å². The highest BCUT2D eigenvalue weighted by molar-refractivity contribution is 5.70. The van der Waals surface area contributed by atoms with Crippen molar-refractivity contribution in [3.8, 4) is 0 Å². The molecule has 0 aromatic heterocycles. The number of aliphatic hydroxyl groups excluding tert-OH is 2. The minimum absolute atomic E-state index is 0.0518. The van der Waals surface area contributed by atoms with E-state index in [9.17, 15) is 9.59 Å². The number of carbonyl (C=O) groups excluding carboxylic acids is 2. The lowest BCUT2D eigenvalue weighted by molar-refractivity contribution is -0.144. The fourth-order valence-corrected chi connectivity index (χ4v) is 2.55. The average Bonchev–Trinajstić information content (AvgIpc) is 2.66. The second kappa shape index (κ2) is 18.2. The van der Waals surface area contributed by atoms with Gasteiger partial charge >= 0.3 is 11.9 Å². The zero-order valence-electron chi connectivity index (χ0n) is 17.0. The maximum absolute atomic E-state index is 11.7. The van der Waals surface area contributed by atoms with Gasteiger partial charge in [0.2, 0.25) is 0 Å². The summed E-state index contributed by atoms with van der Waals surface area (Å²) in [4.78, 5) is 27.5. The Kier molecular flexibility index (Phi) is 17.3. The molecule has 0 aliphatic rings. The number of ether oxygens (including phenoxy) is 2. The van der Waals surface area contributed by atoms with Gasteiger partial charge in [-0.3, -0.25) is 14.5 Å². The lowest BCUT2D eigenvalue weighted by Gasteiger charge is -2.24. The molecule has 27 heavy (non-hydrogen) atoms. The van der Waals surface area contributed by atoms with Crippen LogP contribution in [0.1, 0.15) is 46.0 Å². The van der Waals surface area contributed by atoms with E-state index in [1.54, 1.807) is 0 Å². The molecule has 8 heteroatoms. The second-order valence-corrected chi connectivity index (χ2v) is 6.42. The molecule has 0 heterocycles. The molecule has 0 rings (SSSR count). The third kappa shape index (κ3) is 15.5. The van der Waals surface area contributed by atoms with E-state index in [0.29, 0.717) is 52.2 Å². The van der Waals surface area contributed by atoms with Crippen LogP contribution in [0, 0.1) is 0 Å². The van der Waals surface area contributed by atoms with E-state index in [4.69, 9.17) is 19.7 Å². The van der Waals surface area contributed by atoms with Gasteiger partial charge in [0.1, 0.15) is 0 Å². The zero-order valence-corrected chi connectivity index (χ0v) is 17.0. The predicted octanol–water partition coefficient (Wildman–Crippen LogP) is 0.652. The summed E-state index contributed by atoms with van der Waals surface area (Å²) in [5.41, 5.74) is 0. The molecule has 0 amide bonds. The van der Waals surface area contributed by atoms with Gasteiger partial charge in [-0.25, -0.2) is 0 Å². The van der Waals surface area contributed by atoms with Gasteiger partial charge in [0.25, 0.3) is 0 Å². The summed E-state index contributed by atoms with van der Waals surface area (Å²) in [5, 5.41) is 18.1. The van der Waals surface area contributed by atoms with Gasteiger partial charge in [-0.05, 0) is 32.4 Å². The fourth-order valence-electron chi connectivity index (χ4n) is 2.55. The number of rotatable bonds is 18. The Morgan fingerprint density at radius 1 is 0.704 bits per heavy atom. The normalized spacial score (nSPS) is 11.2. The highest BCUT2D eigenvalue weighted by Gasteiger charge is 2.13. The van der Waals surface area contributed by atoms with Gasteiger partial charge in [-0.2, -0.15) is 0 Å². The van der Waals surface area contributed by atoms with Crippen LogP contribution in [-0.4, -0.2) is 97.6 Å². The number of hydrogen-bond donors (Lipinski definition) is 2. The van der Waals surface area contributed by atoms with Crippen LogP contribution in [0.25, 0.3) is 0 Å². The Hall–Kier alpha value is -1.22. The van der Waals surface area contributed by atoms with Crippen molar-refractivity contribution in [1.29, 1.82) is 0 Å². The summed E-state index contributed by atoms with van der Waals surface area (Å²) in [7, 11) is 0. The minimum Gasteiger partial charge on any atom is -0.466 e. The van der Waals surface area contributed by atoms with Crippen LogP contribution in [0.4, 0.5) is 0 Å². The summed E-state index contributed by atoms with van der Waals surface area (Å²) in [6, 6.07) is 0. The molecule has 0 aliphatic heterocycles. The Morgan fingerprint density at radius 2 is 1.11 bits per heavy atom. The smallest absolute Gasteiger partial charge is 0.307 e. The lowest BCUT2D eigenvalue weighted by Crippen LogP contribution is -2.35. The standard InChI is InChI=1S/C19H38N2O6/c1-3-16-26-18(24)6-10-20(11-7-19(25)27-17-4-2)8-5-9-21(12-14-22)13-15-23/h22-23H,3-17H2,1-2H3. The van der Waals surface area contributed by atoms with E-state index in [2.05, 4.69) is 4.90 Å². The molecule has 0 unspecified atom stereocenters. The van der Waals surface area contributed by atoms with Crippen molar-refractivity contribution >= 4 is 11.9 Å². The van der Waals surface area contributed by atoms with Crippen molar-refractivity contribution in [3.63, 3.8) is 0 Å². The van der Waals surface area contributed by atoms with Crippen LogP contribution in [0.3, 0.4) is 0 Å². The summed E-state index contributed by atoms with van der Waals surface area (Å²) in [6.45, 7) is 8.42. The Morgan fingerprint density at radius 3 is 1.48 bits per heavy atom. The molecule has 0 fully saturated rings. The van der Waals surface area contributed by atoms with Crippen molar-refractivity contribution in [2.45, 2.75) is 46.0 Å². The number of esters is 2. The van der Waals surface area contributed by atoms with E-state index in [1.807, 2.05) is 18.7 Å². The maximum Gasteiger partial charge on any atom is 0.307 e. The van der Waals surface area contributed by atoms with Gasteiger partial charge in [0.05, 0.1) is 39.3 Å². The average molecular weight is 391 g/mol. The van der Waals surface area contributed by atoms with Gasteiger partial charge in [-0.15, -0.1) is 0 Å². The van der Waals surface area contributed by atoms with Crippen molar-refractivity contribution in [2.24, 2.45) is 0 Å². The lowest BCUT2D eigenvalue weighted by atomic mass is 10.2. The van der Waals surface area contributed by atoms with Gasteiger partial charge in [0.15, 0.2) is 0 Å². The third-order valence-corrected chi connectivity index (χ3v) is 3.98. The predicted molar refractivity (Wildman–Crippen MR) is 103 cm³/mol. The van der Waals surface area contributed by atoms with Crippen molar-refractivity contribution in [1.82, 2.24) is 9.80 Å². The maximum atomic E-state index is 11.7.